The second-order valence-corrected chi connectivity index (χ2v) is 5.90. The number of carbonyl (C=O) groups excluding carboxylic acids is 1. The molecule has 10 nitrogen and oxygen atoms in total. The molecule has 0 saturated carbocycles. The minimum atomic E-state index is -0.350. The molecule has 0 aliphatic carbocycles. The maximum atomic E-state index is 12.7. The maximum absolute atomic E-state index is 12.7. The molecular formula is C15H17N7O3. The van der Waals surface area contributed by atoms with Gasteiger partial charge in [0.05, 0.1) is 12.2 Å². The molecule has 0 unspecified atom stereocenters. The Balaban J connectivity index is 1.56. The summed E-state index contributed by atoms with van der Waals surface area (Å²) in [6.45, 7) is 2.40. The van der Waals surface area contributed by atoms with Crippen LogP contribution in [-0.4, -0.2) is 46.9 Å². The van der Waals surface area contributed by atoms with Crippen molar-refractivity contribution in [1.29, 1.82) is 0 Å². The van der Waals surface area contributed by atoms with Gasteiger partial charge in [0.2, 0.25) is 11.8 Å². The van der Waals surface area contributed by atoms with Crippen molar-refractivity contribution in [1.82, 2.24) is 34.4 Å². The van der Waals surface area contributed by atoms with Gasteiger partial charge in [0, 0.05) is 13.0 Å². The fourth-order valence-corrected chi connectivity index (χ4v) is 3.08. The molecule has 0 aromatic carbocycles. The van der Waals surface area contributed by atoms with E-state index in [-0.39, 0.29) is 24.1 Å². The number of hydrogen-bond donors (Lipinski definition) is 0. The lowest BCUT2D eigenvalue weighted by Gasteiger charge is -2.22. The number of amides is 1. The van der Waals surface area contributed by atoms with Gasteiger partial charge in [-0.05, 0) is 18.9 Å². The zero-order chi connectivity index (χ0) is 17.4. The maximum Gasteiger partial charge on any atom is 0.293 e. The average Bonchev–Trinajstić information content (AvgIpc) is 3.36. The van der Waals surface area contributed by atoms with Crippen molar-refractivity contribution in [3.63, 3.8) is 0 Å². The molecule has 1 aliphatic heterocycles. The van der Waals surface area contributed by atoms with Crippen molar-refractivity contribution >= 4 is 11.4 Å². The molecule has 130 valence electrons. The summed E-state index contributed by atoms with van der Waals surface area (Å²) in [4.78, 5) is 31.1. The van der Waals surface area contributed by atoms with Crippen LogP contribution in [-0.2, 0) is 17.8 Å². The number of fused-ring (bicyclic) bond motifs is 1. The molecule has 1 atom stereocenters. The van der Waals surface area contributed by atoms with E-state index in [0.29, 0.717) is 30.2 Å². The van der Waals surface area contributed by atoms with E-state index in [0.717, 1.165) is 17.5 Å². The molecule has 3 aromatic heterocycles. The van der Waals surface area contributed by atoms with Crippen molar-refractivity contribution in [2.75, 3.05) is 6.54 Å². The summed E-state index contributed by atoms with van der Waals surface area (Å²) in [5.41, 5.74) is 0.0310. The Labute approximate surface area is 142 Å². The van der Waals surface area contributed by atoms with Gasteiger partial charge < -0.3 is 9.42 Å². The van der Waals surface area contributed by atoms with Gasteiger partial charge in [-0.1, -0.05) is 12.1 Å². The minimum Gasteiger partial charge on any atom is -0.339 e. The van der Waals surface area contributed by atoms with Crippen LogP contribution < -0.4 is 5.56 Å². The van der Waals surface area contributed by atoms with Crippen LogP contribution in [0.5, 0.6) is 0 Å². The number of carbonyl (C=O) groups is 1. The van der Waals surface area contributed by atoms with Gasteiger partial charge in [-0.3, -0.25) is 9.59 Å². The van der Waals surface area contributed by atoms with E-state index in [1.807, 2.05) is 6.92 Å². The van der Waals surface area contributed by atoms with E-state index >= 15 is 0 Å². The molecule has 0 bridgehead atoms. The fourth-order valence-electron chi connectivity index (χ4n) is 3.08. The first-order valence-corrected chi connectivity index (χ1v) is 8.18. The molecule has 1 amide bonds. The largest absolute Gasteiger partial charge is 0.339 e. The van der Waals surface area contributed by atoms with Gasteiger partial charge in [0.1, 0.15) is 18.4 Å². The third-order valence-electron chi connectivity index (χ3n) is 4.37. The zero-order valence-electron chi connectivity index (χ0n) is 13.7. The molecular weight excluding hydrogens is 326 g/mol. The van der Waals surface area contributed by atoms with Gasteiger partial charge >= 0.3 is 0 Å². The number of aryl methyl sites for hydroxylation is 1. The predicted octanol–water partition coefficient (Wildman–Crippen LogP) is 0.200. The Hall–Kier alpha value is -3.04. The van der Waals surface area contributed by atoms with Crippen molar-refractivity contribution < 1.29 is 9.32 Å². The minimum absolute atomic E-state index is 0.129. The van der Waals surface area contributed by atoms with Gasteiger partial charge in [-0.25, -0.2) is 9.20 Å². The zero-order valence-corrected chi connectivity index (χ0v) is 13.7. The molecule has 1 saturated heterocycles. The van der Waals surface area contributed by atoms with Gasteiger partial charge in [-0.15, -0.1) is 0 Å². The summed E-state index contributed by atoms with van der Waals surface area (Å²) < 4.78 is 7.69. The highest BCUT2D eigenvalue weighted by Gasteiger charge is 2.33. The molecule has 3 aromatic rings. The highest BCUT2D eigenvalue weighted by atomic mass is 16.5. The number of rotatable bonds is 4. The van der Waals surface area contributed by atoms with Crippen LogP contribution in [0, 0.1) is 0 Å². The van der Waals surface area contributed by atoms with Crippen LogP contribution in [0.2, 0.25) is 0 Å². The SMILES string of the molecule is CCc1nc([C@H]2CCCN2C(=O)Cn2ncn3nccc3c2=O)no1. The Morgan fingerprint density at radius 2 is 2.28 bits per heavy atom. The van der Waals surface area contributed by atoms with Gasteiger partial charge in [0.15, 0.2) is 5.82 Å². The van der Waals surface area contributed by atoms with E-state index in [9.17, 15) is 9.59 Å². The quantitative estimate of drug-likeness (QED) is 0.665. The second kappa shape index (κ2) is 6.11. The highest BCUT2D eigenvalue weighted by molar-refractivity contribution is 5.76. The van der Waals surface area contributed by atoms with E-state index in [1.165, 1.54) is 17.0 Å². The standard InChI is InChI=1S/C15H17N7O3/c1-2-12-18-14(19-25-12)10-4-3-7-20(10)13(23)8-21-15(24)11-5-6-16-22(11)9-17-21/h5-6,9-10H,2-4,7-8H2,1H3/t10-/m1/s1. The first-order chi connectivity index (χ1) is 12.2. The Bertz CT molecular complexity index is 973. The Morgan fingerprint density at radius 3 is 3.08 bits per heavy atom. The van der Waals surface area contributed by atoms with E-state index < -0.39 is 0 Å². The van der Waals surface area contributed by atoms with Crippen LogP contribution in [0.4, 0.5) is 0 Å². The molecule has 1 aliphatic rings. The summed E-state index contributed by atoms with van der Waals surface area (Å²) in [6, 6.07) is 1.38. The molecule has 4 rings (SSSR count). The molecule has 0 N–H and O–H groups in total. The lowest BCUT2D eigenvalue weighted by molar-refractivity contribution is -0.133. The highest BCUT2D eigenvalue weighted by Crippen LogP contribution is 2.30. The van der Waals surface area contributed by atoms with Crippen molar-refractivity contribution in [2.24, 2.45) is 0 Å². The summed E-state index contributed by atoms with van der Waals surface area (Å²) in [7, 11) is 0. The van der Waals surface area contributed by atoms with E-state index in [2.05, 4.69) is 20.3 Å². The average molecular weight is 343 g/mol. The summed E-state index contributed by atoms with van der Waals surface area (Å²) >= 11 is 0. The number of hydrogen-bond acceptors (Lipinski definition) is 7. The number of aromatic nitrogens is 6. The van der Waals surface area contributed by atoms with Crippen molar-refractivity contribution in [2.45, 2.75) is 38.8 Å². The molecule has 10 heteroatoms. The third kappa shape index (κ3) is 2.69. The van der Waals surface area contributed by atoms with Crippen molar-refractivity contribution in [3.8, 4) is 0 Å². The summed E-state index contributed by atoms with van der Waals surface area (Å²) in [5, 5.41) is 12.0. The lowest BCUT2D eigenvalue weighted by atomic mass is 10.2. The Kier molecular flexibility index (Phi) is 3.79. The predicted molar refractivity (Wildman–Crippen MR) is 84.6 cm³/mol. The third-order valence-corrected chi connectivity index (χ3v) is 4.37. The van der Waals surface area contributed by atoms with Crippen LogP contribution >= 0.6 is 0 Å². The lowest BCUT2D eigenvalue weighted by Crippen LogP contribution is -2.37. The van der Waals surface area contributed by atoms with Crippen LogP contribution in [0.15, 0.2) is 27.9 Å². The summed E-state index contributed by atoms with van der Waals surface area (Å²) in [5.74, 6) is 0.886. The monoisotopic (exact) mass is 343 g/mol. The van der Waals surface area contributed by atoms with Crippen LogP contribution in [0.25, 0.3) is 5.52 Å². The topological polar surface area (TPSA) is 111 Å². The van der Waals surface area contributed by atoms with E-state index in [1.54, 1.807) is 11.0 Å². The van der Waals surface area contributed by atoms with E-state index in [4.69, 9.17) is 4.52 Å². The number of nitrogens with zero attached hydrogens (tertiary/aromatic N) is 7. The smallest absolute Gasteiger partial charge is 0.293 e. The van der Waals surface area contributed by atoms with Gasteiger partial charge in [0.25, 0.3) is 5.56 Å². The number of likely N-dealkylation sites (tertiary alicyclic amines) is 1. The molecule has 1 fully saturated rings. The van der Waals surface area contributed by atoms with Crippen LogP contribution in [0.1, 0.15) is 37.5 Å². The molecule has 0 spiro atoms. The Morgan fingerprint density at radius 1 is 1.40 bits per heavy atom. The fraction of sp³-hybridized carbons (Fsp3) is 0.467. The molecule has 25 heavy (non-hydrogen) atoms. The first-order valence-electron chi connectivity index (χ1n) is 8.18. The second-order valence-electron chi connectivity index (χ2n) is 5.90. The van der Waals surface area contributed by atoms with Crippen molar-refractivity contribution in [3.05, 3.63) is 40.7 Å². The van der Waals surface area contributed by atoms with Crippen LogP contribution in [0.3, 0.4) is 0 Å². The molecule has 0 radical (unpaired) electrons. The summed E-state index contributed by atoms with van der Waals surface area (Å²) in [6.07, 6.45) is 5.22. The first kappa shape index (κ1) is 15.5. The molecule has 4 heterocycles. The van der Waals surface area contributed by atoms with Gasteiger partial charge in [-0.2, -0.15) is 15.2 Å². The normalized spacial score (nSPS) is 17.5.